The zero-order valence-corrected chi connectivity index (χ0v) is 16.1. The van der Waals surface area contributed by atoms with Crippen molar-refractivity contribution in [1.82, 2.24) is 14.8 Å². The number of carbonyl (C=O) groups is 2. The van der Waals surface area contributed by atoms with Gasteiger partial charge in [0.1, 0.15) is 0 Å². The molecule has 1 aromatic rings. The van der Waals surface area contributed by atoms with E-state index in [-0.39, 0.29) is 17.9 Å². The molecule has 0 aromatic carbocycles. The molecule has 1 aromatic heterocycles. The topological polar surface area (TPSA) is 65.5 Å². The Balaban J connectivity index is 1.77. The number of hydrogen-bond donors (Lipinski definition) is 1. The van der Waals surface area contributed by atoms with Crippen LogP contribution in [0.15, 0.2) is 24.5 Å². The first kappa shape index (κ1) is 18.8. The molecule has 0 bridgehead atoms. The molecule has 2 fully saturated rings. The van der Waals surface area contributed by atoms with Gasteiger partial charge in [-0.25, -0.2) is 0 Å². The predicted octanol–water partition coefficient (Wildman–Crippen LogP) is 2.38. The molecule has 142 valence electrons. The molecule has 26 heavy (non-hydrogen) atoms. The molecule has 2 aliphatic rings. The Hall–Kier alpha value is -1.95. The number of rotatable bonds is 4. The highest BCUT2D eigenvalue weighted by atomic mass is 16.2. The van der Waals surface area contributed by atoms with Crippen molar-refractivity contribution >= 4 is 17.5 Å². The molecule has 2 aliphatic heterocycles. The van der Waals surface area contributed by atoms with Crippen molar-refractivity contribution in [3.63, 3.8) is 0 Å². The summed E-state index contributed by atoms with van der Waals surface area (Å²) < 4.78 is 0. The highest BCUT2D eigenvalue weighted by Gasteiger charge is 2.52. The van der Waals surface area contributed by atoms with Crippen molar-refractivity contribution in [2.24, 2.45) is 11.3 Å². The summed E-state index contributed by atoms with van der Waals surface area (Å²) in [7, 11) is 2.09. The third-order valence-corrected chi connectivity index (χ3v) is 5.89. The zero-order valence-electron chi connectivity index (χ0n) is 16.1. The van der Waals surface area contributed by atoms with Crippen molar-refractivity contribution < 1.29 is 9.59 Å². The lowest BCUT2D eigenvalue weighted by atomic mass is 9.75. The van der Waals surface area contributed by atoms with Crippen LogP contribution in [0.25, 0.3) is 0 Å². The molecule has 2 atom stereocenters. The second-order valence-corrected chi connectivity index (χ2v) is 8.12. The minimum atomic E-state index is -0.433. The summed E-state index contributed by atoms with van der Waals surface area (Å²) in [5.74, 6) is 0.638. The van der Waals surface area contributed by atoms with Crippen molar-refractivity contribution in [2.45, 2.75) is 45.6 Å². The van der Waals surface area contributed by atoms with Crippen LogP contribution in [-0.2, 0) is 9.59 Å². The number of nitrogens with zero attached hydrogens (tertiary/aromatic N) is 3. The number of likely N-dealkylation sites (tertiary alicyclic amines) is 2. The van der Waals surface area contributed by atoms with E-state index in [4.69, 9.17) is 0 Å². The van der Waals surface area contributed by atoms with Gasteiger partial charge in [0.25, 0.3) is 0 Å². The second kappa shape index (κ2) is 7.74. The van der Waals surface area contributed by atoms with E-state index >= 15 is 0 Å². The number of anilines is 1. The molecule has 3 heterocycles. The van der Waals surface area contributed by atoms with Crippen LogP contribution in [0.2, 0.25) is 0 Å². The predicted molar refractivity (Wildman–Crippen MR) is 102 cm³/mol. The van der Waals surface area contributed by atoms with Gasteiger partial charge in [0.05, 0.1) is 17.3 Å². The minimum Gasteiger partial charge on any atom is -0.343 e. The standard InChI is InChI=1S/C20H30N4O2/c1-15(2)13-18(25)24-10-6-17-20(8-12-24,7-11-23(17)3)19(26)22-16-5-4-9-21-14-16/h4-5,9,14-15,17H,6-8,10-13H2,1-3H3,(H,22,26)/t17-,20-/m0/s1. The highest BCUT2D eigenvalue weighted by molar-refractivity contribution is 5.96. The summed E-state index contributed by atoms with van der Waals surface area (Å²) in [6.45, 7) is 6.46. The summed E-state index contributed by atoms with van der Waals surface area (Å²) in [5.41, 5.74) is 0.300. The molecule has 3 rings (SSSR count). The van der Waals surface area contributed by atoms with Gasteiger partial charge in [-0.15, -0.1) is 0 Å². The van der Waals surface area contributed by atoms with E-state index in [1.165, 1.54) is 0 Å². The number of amides is 2. The van der Waals surface area contributed by atoms with E-state index in [0.717, 1.165) is 38.0 Å². The van der Waals surface area contributed by atoms with E-state index in [9.17, 15) is 9.59 Å². The second-order valence-electron chi connectivity index (χ2n) is 8.12. The van der Waals surface area contributed by atoms with Gasteiger partial charge < -0.3 is 15.1 Å². The Morgan fingerprint density at radius 2 is 2.08 bits per heavy atom. The SMILES string of the molecule is CC(C)CC(=O)N1CC[C@@H]2N(C)CC[C@]2(C(=O)Nc2cccnc2)CC1. The Morgan fingerprint density at radius 3 is 2.77 bits per heavy atom. The monoisotopic (exact) mass is 358 g/mol. The van der Waals surface area contributed by atoms with Crippen LogP contribution in [0, 0.1) is 11.3 Å². The average Bonchev–Trinajstić information content (AvgIpc) is 2.80. The van der Waals surface area contributed by atoms with Crippen molar-refractivity contribution in [3.05, 3.63) is 24.5 Å². The number of aromatic nitrogens is 1. The minimum absolute atomic E-state index is 0.0676. The Kier molecular flexibility index (Phi) is 5.61. The van der Waals surface area contributed by atoms with Gasteiger partial charge in [0.2, 0.25) is 11.8 Å². The van der Waals surface area contributed by atoms with Crippen LogP contribution in [0.5, 0.6) is 0 Å². The van der Waals surface area contributed by atoms with Gasteiger partial charge in [-0.3, -0.25) is 14.6 Å². The summed E-state index contributed by atoms with van der Waals surface area (Å²) in [6.07, 6.45) is 6.36. The lowest BCUT2D eigenvalue weighted by Crippen LogP contribution is -2.46. The maximum absolute atomic E-state index is 13.3. The summed E-state index contributed by atoms with van der Waals surface area (Å²) in [5, 5.41) is 3.07. The molecule has 0 saturated carbocycles. The van der Waals surface area contributed by atoms with Crippen molar-refractivity contribution in [3.8, 4) is 0 Å². The van der Waals surface area contributed by atoms with Crippen molar-refractivity contribution in [2.75, 3.05) is 32.0 Å². The van der Waals surface area contributed by atoms with Gasteiger partial charge in [-0.1, -0.05) is 13.8 Å². The first-order chi connectivity index (χ1) is 12.4. The van der Waals surface area contributed by atoms with Crippen molar-refractivity contribution in [1.29, 1.82) is 0 Å². The largest absolute Gasteiger partial charge is 0.343 e. The Labute approximate surface area is 156 Å². The van der Waals surface area contributed by atoms with E-state index in [1.54, 1.807) is 12.4 Å². The quantitative estimate of drug-likeness (QED) is 0.897. The summed E-state index contributed by atoms with van der Waals surface area (Å²) in [6, 6.07) is 3.87. The first-order valence-corrected chi connectivity index (χ1v) is 9.62. The van der Waals surface area contributed by atoms with Crippen LogP contribution in [0.3, 0.4) is 0 Å². The highest BCUT2D eigenvalue weighted by Crippen LogP contribution is 2.44. The molecule has 0 aliphatic carbocycles. The molecular formula is C20H30N4O2. The zero-order chi connectivity index (χ0) is 18.7. The molecule has 2 amide bonds. The van der Waals surface area contributed by atoms with E-state index in [2.05, 4.69) is 36.1 Å². The molecule has 0 spiro atoms. The van der Waals surface area contributed by atoms with Gasteiger partial charge in [0.15, 0.2) is 0 Å². The van der Waals surface area contributed by atoms with Gasteiger partial charge in [-0.2, -0.15) is 0 Å². The molecule has 6 heteroatoms. The fourth-order valence-corrected chi connectivity index (χ4v) is 4.43. The molecule has 0 radical (unpaired) electrons. The Morgan fingerprint density at radius 1 is 1.31 bits per heavy atom. The fraction of sp³-hybridized carbons (Fsp3) is 0.650. The third kappa shape index (κ3) is 3.75. The molecule has 2 saturated heterocycles. The lowest BCUT2D eigenvalue weighted by molar-refractivity contribution is -0.132. The van der Waals surface area contributed by atoms with Gasteiger partial charge in [-0.05, 0) is 50.9 Å². The first-order valence-electron chi connectivity index (χ1n) is 9.62. The number of pyridine rings is 1. The molecule has 0 unspecified atom stereocenters. The maximum atomic E-state index is 13.3. The van der Waals surface area contributed by atoms with Crippen LogP contribution in [0.4, 0.5) is 5.69 Å². The third-order valence-electron chi connectivity index (χ3n) is 5.89. The number of nitrogens with one attached hydrogen (secondary N) is 1. The molecule has 6 nitrogen and oxygen atoms in total. The van der Waals surface area contributed by atoms with Crippen LogP contribution in [-0.4, -0.2) is 59.3 Å². The lowest BCUT2D eigenvalue weighted by Gasteiger charge is -2.34. The number of carbonyl (C=O) groups excluding carboxylic acids is 2. The van der Waals surface area contributed by atoms with E-state index < -0.39 is 5.41 Å². The van der Waals surface area contributed by atoms with Gasteiger partial charge >= 0.3 is 0 Å². The molecular weight excluding hydrogens is 328 g/mol. The Bertz CT molecular complexity index is 648. The van der Waals surface area contributed by atoms with Crippen LogP contribution in [0.1, 0.15) is 39.5 Å². The van der Waals surface area contributed by atoms with E-state index in [1.807, 2.05) is 17.0 Å². The smallest absolute Gasteiger partial charge is 0.232 e. The average molecular weight is 358 g/mol. The normalized spacial score (nSPS) is 26.5. The number of hydrogen-bond acceptors (Lipinski definition) is 4. The van der Waals surface area contributed by atoms with Crippen LogP contribution < -0.4 is 5.32 Å². The maximum Gasteiger partial charge on any atom is 0.232 e. The van der Waals surface area contributed by atoms with Crippen LogP contribution >= 0.6 is 0 Å². The van der Waals surface area contributed by atoms with E-state index in [0.29, 0.717) is 18.9 Å². The fourth-order valence-electron chi connectivity index (χ4n) is 4.43. The summed E-state index contributed by atoms with van der Waals surface area (Å²) in [4.78, 5) is 34.1. The molecule has 1 N–H and O–H groups in total. The van der Waals surface area contributed by atoms with Gasteiger partial charge in [0, 0.05) is 31.7 Å². The number of fused-ring (bicyclic) bond motifs is 1. The summed E-state index contributed by atoms with van der Waals surface area (Å²) >= 11 is 0.